The fraction of sp³-hybridized carbons (Fsp3) is 0.667. The molecule has 1 aromatic carbocycles. The SMILES string of the molecule is COc1ccc(N2C(=O)[C@H](O[Si](C(C)C)(C(C)C)C(C)C)[C@@H]2[C@@H](F)CF)cc1. The molecule has 7 heteroatoms. The summed E-state index contributed by atoms with van der Waals surface area (Å²) in [7, 11) is -0.858. The number of hydrogen-bond donors (Lipinski definition) is 0. The van der Waals surface area contributed by atoms with Crippen LogP contribution in [0.2, 0.25) is 16.6 Å². The maximum atomic E-state index is 14.6. The highest BCUT2D eigenvalue weighted by Gasteiger charge is 2.58. The Hall–Kier alpha value is -1.47. The van der Waals surface area contributed by atoms with Crippen LogP contribution < -0.4 is 9.64 Å². The van der Waals surface area contributed by atoms with Gasteiger partial charge in [-0.05, 0) is 40.9 Å². The molecule has 0 saturated carbocycles. The number of rotatable bonds is 9. The molecule has 1 fully saturated rings. The molecule has 0 aliphatic carbocycles. The average molecular weight is 414 g/mol. The van der Waals surface area contributed by atoms with Gasteiger partial charge >= 0.3 is 0 Å². The Morgan fingerprint density at radius 2 is 1.54 bits per heavy atom. The van der Waals surface area contributed by atoms with E-state index in [1.165, 1.54) is 4.90 Å². The van der Waals surface area contributed by atoms with Gasteiger partial charge in [-0.15, -0.1) is 0 Å². The van der Waals surface area contributed by atoms with E-state index in [1.807, 2.05) is 0 Å². The van der Waals surface area contributed by atoms with Crippen molar-refractivity contribution in [2.24, 2.45) is 0 Å². The third-order valence-electron chi connectivity index (χ3n) is 6.00. The van der Waals surface area contributed by atoms with Gasteiger partial charge < -0.3 is 14.1 Å². The number of hydrogen-bond acceptors (Lipinski definition) is 3. The summed E-state index contributed by atoms with van der Waals surface area (Å²) in [6.07, 6.45) is -2.73. The van der Waals surface area contributed by atoms with Crippen molar-refractivity contribution in [2.45, 2.75) is 76.5 Å². The van der Waals surface area contributed by atoms with Crippen LogP contribution in [0.3, 0.4) is 0 Å². The van der Waals surface area contributed by atoms with E-state index in [2.05, 4.69) is 41.5 Å². The average Bonchev–Trinajstić information content (AvgIpc) is 2.65. The quantitative estimate of drug-likeness (QED) is 0.408. The molecule has 3 atom stereocenters. The lowest BCUT2D eigenvalue weighted by Gasteiger charge is -2.53. The largest absolute Gasteiger partial charge is 0.497 e. The number of halogens is 2. The molecule has 0 bridgehead atoms. The van der Waals surface area contributed by atoms with Crippen LogP contribution in [-0.4, -0.2) is 46.3 Å². The molecule has 28 heavy (non-hydrogen) atoms. The first-order chi connectivity index (χ1) is 13.1. The second-order valence-corrected chi connectivity index (χ2v) is 13.8. The Bertz CT molecular complexity index is 644. The van der Waals surface area contributed by atoms with E-state index >= 15 is 0 Å². The van der Waals surface area contributed by atoms with Crippen molar-refractivity contribution >= 4 is 19.9 Å². The summed E-state index contributed by atoms with van der Waals surface area (Å²) in [4.78, 5) is 14.3. The zero-order chi connectivity index (χ0) is 21.2. The summed E-state index contributed by atoms with van der Waals surface area (Å²) in [5, 5.41) is 0. The van der Waals surface area contributed by atoms with Gasteiger partial charge in [0.05, 0.1) is 7.11 Å². The van der Waals surface area contributed by atoms with E-state index in [9.17, 15) is 13.6 Å². The van der Waals surface area contributed by atoms with Crippen LogP contribution in [0, 0.1) is 0 Å². The number of nitrogens with zero attached hydrogens (tertiary/aromatic N) is 1. The molecule has 158 valence electrons. The molecule has 1 amide bonds. The number of ether oxygens (including phenoxy) is 1. The Morgan fingerprint density at radius 3 is 1.93 bits per heavy atom. The third-order valence-corrected chi connectivity index (χ3v) is 12.1. The topological polar surface area (TPSA) is 38.8 Å². The van der Waals surface area contributed by atoms with Crippen molar-refractivity contribution in [3.8, 4) is 5.75 Å². The minimum atomic E-state index is -2.40. The summed E-state index contributed by atoms with van der Waals surface area (Å²) >= 11 is 0. The summed E-state index contributed by atoms with van der Waals surface area (Å²) in [5.41, 5.74) is 1.27. The molecular formula is C21H33F2NO3Si. The highest BCUT2D eigenvalue weighted by atomic mass is 28.4. The molecule has 0 unspecified atom stereocenters. The predicted molar refractivity (Wildman–Crippen MR) is 111 cm³/mol. The molecule has 1 aromatic rings. The molecule has 0 spiro atoms. The van der Waals surface area contributed by atoms with Crippen molar-refractivity contribution < 1.29 is 22.7 Å². The molecule has 0 radical (unpaired) electrons. The number of carbonyl (C=O) groups excluding carboxylic acids is 1. The molecule has 1 heterocycles. The number of alkyl halides is 2. The fourth-order valence-electron chi connectivity index (χ4n) is 4.72. The number of carbonyl (C=O) groups is 1. The minimum absolute atomic E-state index is 0.249. The van der Waals surface area contributed by atoms with Gasteiger partial charge in [0, 0.05) is 5.69 Å². The number of anilines is 1. The van der Waals surface area contributed by atoms with Crippen molar-refractivity contribution in [3.63, 3.8) is 0 Å². The first kappa shape index (κ1) is 22.8. The third kappa shape index (κ3) is 3.83. The van der Waals surface area contributed by atoms with E-state index in [0.717, 1.165) is 0 Å². The first-order valence-corrected chi connectivity index (χ1v) is 12.1. The van der Waals surface area contributed by atoms with Crippen LogP contribution in [0.5, 0.6) is 5.75 Å². The second-order valence-electron chi connectivity index (χ2n) is 8.42. The summed E-state index contributed by atoms with van der Waals surface area (Å²) in [5.74, 6) is 0.333. The van der Waals surface area contributed by atoms with Crippen LogP contribution in [-0.2, 0) is 9.22 Å². The molecule has 1 aliphatic heterocycles. The summed E-state index contributed by atoms with van der Waals surface area (Å²) < 4.78 is 39.6. The van der Waals surface area contributed by atoms with E-state index < -0.39 is 33.3 Å². The lowest BCUT2D eigenvalue weighted by atomic mass is 9.93. The van der Waals surface area contributed by atoms with Gasteiger partial charge in [-0.1, -0.05) is 41.5 Å². The second kappa shape index (κ2) is 8.90. The van der Waals surface area contributed by atoms with Gasteiger partial charge in [0.25, 0.3) is 5.91 Å². The zero-order valence-electron chi connectivity index (χ0n) is 17.9. The number of β-lactam (4-membered cyclic amide) rings is 1. The van der Waals surface area contributed by atoms with E-state index in [1.54, 1.807) is 31.4 Å². The van der Waals surface area contributed by atoms with Gasteiger partial charge in [-0.25, -0.2) is 8.78 Å². The molecule has 1 saturated heterocycles. The normalized spacial score (nSPS) is 21.4. The van der Waals surface area contributed by atoms with Crippen molar-refractivity contribution in [3.05, 3.63) is 24.3 Å². The Labute approximate surface area is 168 Å². The minimum Gasteiger partial charge on any atom is -0.497 e. The van der Waals surface area contributed by atoms with Crippen molar-refractivity contribution in [1.82, 2.24) is 0 Å². The highest BCUT2D eigenvalue weighted by Crippen LogP contribution is 2.46. The monoisotopic (exact) mass is 413 g/mol. The smallest absolute Gasteiger partial charge is 0.257 e. The Balaban J connectivity index is 2.37. The van der Waals surface area contributed by atoms with Crippen LogP contribution >= 0.6 is 0 Å². The Kier molecular flexibility index (Phi) is 7.25. The fourth-order valence-corrected chi connectivity index (χ4v) is 10.2. The molecule has 0 aromatic heterocycles. The van der Waals surface area contributed by atoms with Crippen LogP contribution in [0.4, 0.5) is 14.5 Å². The Morgan fingerprint density at radius 1 is 1.04 bits per heavy atom. The van der Waals surface area contributed by atoms with Crippen molar-refractivity contribution in [1.29, 1.82) is 0 Å². The predicted octanol–water partition coefficient (Wildman–Crippen LogP) is 5.28. The standard InChI is InChI=1S/C21H33F2NO3Si/c1-13(2)28(14(3)4,15(5)6)27-20-19(18(23)12-22)24(21(20)25)16-8-10-17(26-7)11-9-16/h8-11,13-15,18-20H,12H2,1-7H3/t18-,19-,20+/m0/s1. The highest BCUT2D eigenvalue weighted by molar-refractivity contribution is 6.77. The van der Waals surface area contributed by atoms with Crippen LogP contribution in [0.25, 0.3) is 0 Å². The van der Waals surface area contributed by atoms with Gasteiger partial charge in [0.2, 0.25) is 8.32 Å². The van der Waals surface area contributed by atoms with Crippen molar-refractivity contribution in [2.75, 3.05) is 18.7 Å². The lowest BCUT2D eigenvalue weighted by Crippen LogP contribution is -2.72. The molecule has 1 aliphatic rings. The van der Waals surface area contributed by atoms with Crippen LogP contribution in [0.15, 0.2) is 24.3 Å². The maximum absolute atomic E-state index is 14.6. The summed E-state index contributed by atoms with van der Waals surface area (Å²) in [6, 6.07) is 5.82. The van der Waals surface area contributed by atoms with Gasteiger partial charge in [-0.2, -0.15) is 0 Å². The molecule has 2 rings (SSSR count). The zero-order valence-corrected chi connectivity index (χ0v) is 18.9. The van der Waals surface area contributed by atoms with Gasteiger partial charge in [-0.3, -0.25) is 4.79 Å². The number of amides is 1. The van der Waals surface area contributed by atoms with Crippen LogP contribution in [0.1, 0.15) is 41.5 Å². The van der Waals surface area contributed by atoms with Gasteiger partial charge in [0.15, 0.2) is 6.17 Å². The molecule has 0 N–H and O–H groups in total. The number of methoxy groups -OCH3 is 1. The molecule has 4 nitrogen and oxygen atoms in total. The summed E-state index contributed by atoms with van der Waals surface area (Å²) in [6.45, 7) is 11.5. The van der Waals surface area contributed by atoms with E-state index in [4.69, 9.17) is 9.16 Å². The lowest BCUT2D eigenvalue weighted by molar-refractivity contribution is -0.138. The van der Waals surface area contributed by atoms with E-state index in [-0.39, 0.29) is 22.5 Å². The van der Waals surface area contributed by atoms with E-state index in [0.29, 0.717) is 11.4 Å². The molecular weight excluding hydrogens is 380 g/mol. The maximum Gasteiger partial charge on any atom is 0.257 e. The van der Waals surface area contributed by atoms with Gasteiger partial charge in [0.1, 0.15) is 24.6 Å². The number of benzene rings is 1. The first-order valence-electron chi connectivity index (χ1n) is 9.96.